The van der Waals surface area contributed by atoms with Gasteiger partial charge in [-0.3, -0.25) is 4.79 Å². The third-order valence-corrected chi connectivity index (χ3v) is 7.01. The molecule has 174 valence electrons. The monoisotopic (exact) mass is 643 g/mol. The van der Waals surface area contributed by atoms with Crippen LogP contribution in [0.3, 0.4) is 0 Å². The molecule has 8 nitrogen and oxygen atoms in total. The molecule has 0 amide bonds. The van der Waals surface area contributed by atoms with Gasteiger partial charge in [0.2, 0.25) is 0 Å². The van der Waals surface area contributed by atoms with Gasteiger partial charge in [0.15, 0.2) is 18.1 Å². The summed E-state index contributed by atoms with van der Waals surface area (Å²) in [6.07, 6.45) is 1.52. The maximum absolute atomic E-state index is 13.0. The molecule has 0 aliphatic carbocycles. The number of hydrogen-bond donors (Lipinski definition) is 0. The van der Waals surface area contributed by atoms with Crippen molar-refractivity contribution < 1.29 is 19.0 Å². The molecule has 0 aliphatic rings. The number of nitrogens with zero attached hydrogens (tertiary/aromatic N) is 3. The van der Waals surface area contributed by atoms with Crippen molar-refractivity contribution in [2.45, 2.75) is 20.8 Å². The average Bonchev–Trinajstić information content (AvgIpc) is 2.77. The lowest BCUT2D eigenvalue weighted by Gasteiger charge is -2.16. The summed E-state index contributed by atoms with van der Waals surface area (Å²) in [5.41, 5.74) is 0.928. The minimum atomic E-state index is -0.487. The maximum Gasteiger partial charge on any atom is 0.344 e. The Morgan fingerprint density at radius 3 is 2.58 bits per heavy atom. The molecule has 0 N–H and O–H groups in total. The second-order valence-electron chi connectivity index (χ2n) is 6.63. The minimum absolute atomic E-state index is 0.264. The largest absolute Gasteiger partial charge is 0.490 e. The van der Waals surface area contributed by atoms with Gasteiger partial charge in [0.1, 0.15) is 5.82 Å². The number of aromatic nitrogens is 2. The average molecular weight is 646 g/mol. The molecule has 0 aliphatic heterocycles. The number of benzene rings is 2. The van der Waals surface area contributed by atoms with Gasteiger partial charge in [0, 0.05) is 14.5 Å². The molecule has 1 aromatic heterocycles. The first-order valence-corrected chi connectivity index (χ1v) is 12.3. The van der Waals surface area contributed by atoms with Crippen molar-refractivity contribution in [1.82, 2.24) is 9.66 Å². The van der Waals surface area contributed by atoms with Crippen molar-refractivity contribution in [2.75, 3.05) is 19.8 Å². The van der Waals surface area contributed by atoms with Gasteiger partial charge in [-0.2, -0.15) is 9.78 Å². The molecule has 33 heavy (non-hydrogen) atoms. The number of fused-ring (bicyclic) bond motifs is 1. The van der Waals surface area contributed by atoms with Crippen LogP contribution in [0.1, 0.15) is 25.2 Å². The van der Waals surface area contributed by atoms with Crippen LogP contribution in [0.2, 0.25) is 0 Å². The molecule has 1 heterocycles. The zero-order chi connectivity index (χ0) is 24.1. The summed E-state index contributed by atoms with van der Waals surface area (Å²) in [6.45, 7) is 5.65. The van der Waals surface area contributed by atoms with E-state index < -0.39 is 5.97 Å². The molecule has 0 radical (unpaired) electrons. The second-order valence-corrected chi connectivity index (χ2v) is 9.13. The summed E-state index contributed by atoms with van der Waals surface area (Å²) >= 11 is 10.4. The first-order chi connectivity index (χ1) is 15.8. The number of halogens is 3. The number of esters is 1. The third-order valence-electron chi connectivity index (χ3n) is 4.38. The predicted octanol–water partition coefficient (Wildman–Crippen LogP) is 5.22. The van der Waals surface area contributed by atoms with Crippen molar-refractivity contribution >= 4 is 70.9 Å². The van der Waals surface area contributed by atoms with Gasteiger partial charge in [-0.1, -0.05) is 15.9 Å². The van der Waals surface area contributed by atoms with Crippen LogP contribution in [0.5, 0.6) is 11.5 Å². The number of rotatable bonds is 8. The Morgan fingerprint density at radius 2 is 1.88 bits per heavy atom. The van der Waals surface area contributed by atoms with Crippen LogP contribution in [0, 0.1) is 6.92 Å². The lowest BCUT2D eigenvalue weighted by molar-refractivity contribution is -0.145. The SMILES string of the molecule is CCOC(=O)COc1c(OCC)cc(C=Nn2c(C)nc3ccc(Br)cc3c2=O)c(Br)c1Br. The van der Waals surface area contributed by atoms with Crippen LogP contribution in [-0.4, -0.2) is 41.7 Å². The second kappa shape index (κ2) is 11.3. The summed E-state index contributed by atoms with van der Waals surface area (Å²) in [6, 6.07) is 7.02. The van der Waals surface area contributed by atoms with Crippen LogP contribution in [0.25, 0.3) is 10.9 Å². The summed E-state index contributed by atoms with van der Waals surface area (Å²) in [5.74, 6) is 0.710. The number of aryl methyl sites for hydroxylation is 1. The lowest BCUT2D eigenvalue weighted by atomic mass is 10.2. The van der Waals surface area contributed by atoms with Crippen LogP contribution < -0.4 is 15.0 Å². The maximum atomic E-state index is 13.0. The topological polar surface area (TPSA) is 92.0 Å². The molecular formula is C22H20Br3N3O5. The van der Waals surface area contributed by atoms with Gasteiger partial charge in [-0.05, 0) is 76.9 Å². The van der Waals surface area contributed by atoms with Crippen LogP contribution >= 0.6 is 47.8 Å². The molecule has 0 fully saturated rings. The summed E-state index contributed by atoms with van der Waals surface area (Å²) in [4.78, 5) is 29.2. The molecule has 0 spiro atoms. The summed E-state index contributed by atoms with van der Waals surface area (Å²) in [5, 5.41) is 4.82. The molecule has 3 aromatic rings. The highest BCUT2D eigenvalue weighted by atomic mass is 79.9. The number of carbonyl (C=O) groups is 1. The Kier molecular flexibility index (Phi) is 8.66. The molecule has 0 saturated carbocycles. The van der Waals surface area contributed by atoms with E-state index in [1.807, 2.05) is 13.0 Å². The first kappa shape index (κ1) is 25.4. The number of ether oxygens (including phenoxy) is 3. The predicted molar refractivity (Wildman–Crippen MR) is 137 cm³/mol. The van der Waals surface area contributed by atoms with Gasteiger partial charge in [-0.15, -0.1) is 0 Å². The van der Waals surface area contributed by atoms with E-state index in [1.165, 1.54) is 10.9 Å². The lowest BCUT2D eigenvalue weighted by Crippen LogP contribution is -2.20. The number of hydrogen-bond acceptors (Lipinski definition) is 7. The van der Waals surface area contributed by atoms with E-state index in [-0.39, 0.29) is 18.8 Å². The van der Waals surface area contributed by atoms with Crippen LogP contribution in [-0.2, 0) is 9.53 Å². The zero-order valence-electron chi connectivity index (χ0n) is 18.0. The van der Waals surface area contributed by atoms with Crippen molar-refractivity contribution in [3.8, 4) is 11.5 Å². The fourth-order valence-electron chi connectivity index (χ4n) is 2.95. The van der Waals surface area contributed by atoms with E-state index in [9.17, 15) is 9.59 Å². The Labute approximate surface area is 215 Å². The van der Waals surface area contributed by atoms with Gasteiger partial charge < -0.3 is 14.2 Å². The normalized spacial score (nSPS) is 11.2. The number of carbonyl (C=O) groups excluding carboxylic acids is 1. The highest BCUT2D eigenvalue weighted by Gasteiger charge is 2.18. The van der Waals surface area contributed by atoms with Gasteiger partial charge in [0.25, 0.3) is 5.56 Å². The smallest absolute Gasteiger partial charge is 0.344 e. The quantitative estimate of drug-likeness (QED) is 0.247. The Hall–Kier alpha value is -2.24. The standard InChI is InChI=1S/C22H20Br3N3O5/c1-4-31-17-8-13(19(24)20(25)21(17)33-11-18(29)32-5-2)10-26-28-12(3)27-16-7-6-14(23)9-15(16)22(28)30/h6-10H,4-5,11H2,1-3H3. The van der Waals surface area contributed by atoms with E-state index in [0.29, 0.717) is 49.3 Å². The fourth-order valence-corrected chi connectivity index (χ4v) is 4.24. The van der Waals surface area contributed by atoms with Crippen molar-refractivity contribution in [3.63, 3.8) is 0 Å². The molecule has 3 rings (SSSR count). The molecule has 2 aromatic carbocycles. The minimum Gasteiger partial charge on any atom is -0.490 e. The van der Waals surface area contributed by atoms with Crippen molar-refractivity contribution in [3.05, 3.63) is 59.4 Å². The van der Waals surface area contributed by atoms with E-state index in [0.717, 1.165) is 4.47 Å². The van der Waals surface area contributed by atoms with E-state index in [4.69, 9.17) is 14.2 Å². The summed E-state index contributed by atoms with van der Waals surface area (Å²) in [7, 11) is 0. The van der Waals surface area contributed by atoms with Gasteiger partial charge in [-0.25, -0.2) is 9.78 Å². The molecule has 0 bridgehead atoms. The molecule has 0 unspecified atom stereocenters. The molecule has 0 atom stereocenters. The van der Waals surface area contributed by atoms with Gasteiger partial charge >= 0.3 is 5.97 Å². The Bertz CT molecular complexity index is 1290. The summed E-state index contributed by atoms with van der Waals surface area (Å²) < 4.78 is 19.4. The molecule has 11 heteroatoms. The molecule has 0 saturated heterocycles. The Balaban J connectivity index is 2.02. The molecular weight excluding hydrogens is 626 g/mol. The van der Waals surface area contributed by atoms with Crippen LogP contribution in [0.4, 0.5) is 0 Å². The van der Waals surface area contributed by atoms with Gasteiger partial charge in [0.05, 0.1) is 34.8 Å². The highest BCUT2D eigenvalue weighted by molar-refractivity contribution is 9.13. The highest BCUT2D eigenvalue weighted by Crippen LogP contribution is 2.42. The van der Waals surface area contributed by atoms with E-state index in [2.05, 4.69) is 57.9 Å². The Morgan fingerprint density at radius 1 is 1.12 bits per heavy atom. The fraction of sp³-hybridized carbons (Fsp3) is 0.273. The van der Waals surface area contributed by atoms with E-state index >= 15 is 0 Å². The van der Waals surface area contributed by atoms with E-state index in [1.54, 1.807) is 32.0 Å². The van der Waals surface area contributed by atoms with Crippen molar-refractivity contribution in [2.24, 2.45) is 5.10 Å². The third kappa shape index (κ3) is 5.82. The van der Waals surface area contributed by atoms with Crippen molar-refractivity contribution in [1.29, 1.82) is 0 Å². The zero-order valence-corrected chi connectivity index (χ0v) is 22.8. The first-order valence-electron chi connectivity index (χ1n) is 9.93. The van der Waals surface area contributed by atoms with Crippen LogP contribution in [0.15, 0.2) is 47.6 Å².